The summed E-state index contributed by atoms with van der Waals surface area (Å²) in [5, 5.41) is 17.8. The Morgan fingerprint density at radius 1 is 1.59 bits per heavy atom. The van der Waals surface area contributed by atoms with Crippen molar-refractivity contribution >= 4 is 17.3 Å². The summed E-state index contributed by atoms with van der Waals surface area (Å²) in [6.07, 6.45) is 0.343. The fraction of sp³-hybridized carbons (Fsp3) is 0.333. The zero-order chi connectivity index (χ0) is 12.4. The molecule has 88 valence electrons. The molecule has 1 amide bonds. The first-order valence-electron chi connectivity index (χ1n) is 5.36. The molecule has 0 aromatic heterocycles. The highest BCUT2D eigenvalue weighted by Gasteiger charge is 2.30. The number of nitriles is 1. The average Bonchev–Trinajstić information content (AvgIpc) is 2.70. The molecular weight excluding hydrogens is 218 g/mol. The number of carbonyl (C=O) groups excluding carboxylic acids is 1. The highest BCUT2D eigenvalue weighted by molar-refractivity contribution is 5.98. The molecule has 3 N–H and O–H groups in total. The van der Waals surface area contributed by atoms with E-state index in [4.69, 9.17) is 16.1 Å². The molecular formula is C12H13N3O2. The monoisotopic (exact) mass is 231 g/mol. The zero-order valence-electron chi connectivity index (χ0n) is 9.26. The lowest BCUT2D eigenvalue weighted by molar-refractivity contribution is -0.117. The van der Waals surface area contributed by atoms with Crippen LogP contribution in [-0.4, -0.2) is 24.2 Å². The van der Waals surface area contributed by atoms with E-state index in [9.17, 15) is 4.79 Å². The number of benzene rings is 1. The normalized spacial score (nSPS) is 19.4. The second-order valence-corrected chi connectivity index (χ2v) is 4.14. The molecule has 1 saturated heterocycles. The van der Waals surface area contributed by atoms with Crippen molar-refractivity contribution in [2.75, 3.05) is 23.8 Å². The van der Waals surface area contributed by atoms with Gasteiger partial charge in [-0.2, -0.15) is 5.26 Å². The van der Waals surface area contributed by atoms with E-state index in [0.29, 0.717) is 29.9 Å². The van der Waals surface area contributed by atoms with Gasteiger partial charge in [0.15, 0.2) is 0 Å². The second kappa shape index (κ2) is 4.44. The number of nitrogens with zero attached hydrogens (tertiary/aromatic N) is 2. The van der Waals surface area contributed by atoms with Gasteiger partial charge in [0.25, 0.3) is 0 Å². The summed E-state index contributed by atoms with van der Waals surface area (Å²) in [6.45, 7) is 0.476. The molecule has 0 saturated carbocycles. The van der Waals surface area contributed by atoms with E-state index >= 15 is 0 Å². The predicted molar refractivity (Wildman–Crippen MR) is 63.1 cm³/mol. The molecule has 0 radical (unpaired) electrons. The van der Waals surface area contributed by atoms with Gasteiger partial charge >= 0.3 is 0 Å². The third-order valence-corrected chi connectivity index (χ3v) is 2.91. The van der Waals surface area contributed by atoms with Gasteiger partial charge in [-0.05, 0) is 18.2 Å². The number of nitrogen functional groups attached to an aromatic ring is 1. The highest BCUT2D eigenvalue weighted by Crippen LogP contribution is 2.30. The van der Waals surface area contributed by atoms with Gasteiger partial charge in [0.2, 0.25) is 5.91 Å². The van der Waals surface area contributed by atoms with Crippen LogP contribution in [0.15, 0.2) is 18.2 Å². The fourth-order valence-electron chi connectivity index (χ4n) is 2.01. The standard InChI is InChI=1S/C12H13N3O2/c13-5-8-1-2-11(10(14)3-8)15-6-9(7-16)4-12(15)17/h1-3,9,16H,4,6-7,14H2. The maximum Gasteiger partial charge on any atom is 0.227 e. The van der Waals surface area contributed by atoms with Crippen LogP contribution in [0, 0.1) is 17.2 Å². The van der Waals surface area contributed by atoms with E-state index < -0.39 is 0 Å². The lowest BCUT2D eigenvalue weighted by Crippen LogP contribution is -2.25. The molecule has 1 unspecified atom stereocenters. The van der Waals surface area contributed by atoms with Gasteiger partial charge in [-0.25, -0.2) is 0 Å². The Balaban J connectivity index is 2.29. The molecule has 5 heteroatoms. The van der Waals surface area contributed by atoms with Crippen LogP contribution < -0.4 is 10.6 Å². The van der Waals surface area contributed by atoms with Crippen molar-refractivity contribution in [3.05, 3.63) is 23.8 Å². The van der Waals surface area contributed by atoms with Crippen molar-refractivity contribution in [3.8, 4) is 6.07 Å². The molecule has 0 aliphatic carbocycles. The van der Waals surface area contributed by atoms with Gasteiger partial charge in [-0.15, -0.1) is 0 Å². The molecule has 1 aromatic rings. The lowest BCUT2D eigenvalue weighted by Gasteiger charge is -2.18. The number of aliphatic hydroxyl groups is 1. The average molecular weight is 231 g/mol. The van der Waals surface area contributed by atoms with Crippen molar-refractivity contribution in [2.45, 2.75) is 6.42 Å². The number of anilines is 2. The van der Waals surface area contributed by atoms with Crippen LogP contribution in [0.4, 0.5) is 11.4 Å². The molecule has 2 rings (SSSR count). The molecule has 5 nitrogen and oxygen atoms in total. The number of hydrogen-bond donors (Lipinski definition) is 2. The van der Waals surface area contributed by atoms with Crippen LogP contribution in [0.3, 0.4) is 0 Å². The molecule has 1 atom stereocenters. The molecule has 1 aliphatic rings. The van der Waals surface area contributed by atoms with E-state index in [2.05, 4.69) is 0 Å². The summed E-state index contributed by atoms with van der Waals surface area (Å²) in [7, 11) is 0. The van der Waals surface area contributed by atoms with Crippen molar-refractivity contribution in [1.82, 2.24) is 0 Å². The van der Waals surface area contributed by atoms with Crippen molar-refractivity contribution in [2.24, 2.45) is 5.92 Å². The van der Waals surface area contributed by atoms with Crippen molar-refractivity contribution in [1.29, 1.82) is 5.26 Å². The highest BCUT2D eigenvalue weighted by atomic mass is 16.3. The minimum Gasteiger partial charge on any atom is -0.397 e. The quantitative estimate of drug-likeness (QED) is 0.724. The summed E-state index contributed by atoms with van der Waals surface area (Å²) in [6, 6.07) is 6.85. The van der Waals surface area contributed by atoms with Gasteiger partial charge in [0.05, 0.1) is 23.0 Å². The number of hydrogen-bond acceptors (Lipinski definition) is 4. The summed E-state index contributed by atoms with van der Waals surface area (Å²) < 4.78 is 0. The number of rotatable bonds is 2. The smallest absolute Gasteiger partial charge is 0.227 e. The van der Waals surface area contributed by atoms with Crippen molar-refractivity contribution in [3.63, 3.8) is 0 Å². The van der Waals surface area contributed by atoms with Crippen LogP contribution in [0.1, 0.15) is 12.0 Å². The predicted octanol–water partition coefficient (Wildman–Crippen LogP) is 0.486. The van der Waals surface area contributed by atoms with Crippen LogP contribution in [0.25, 0.3) is 0 Å². The first kappa shape index (κ1) is 11.4. The maximum absolute atomic E-state index is 11.7. The third-order valence-electron chi connectivity index (χ3n) is 2.91. The Kier molecular flexibility index (Phi) is 2.98. The van der Waals surface area contributed by atoms with E-state index in [1.54, 1.807) is 23.1 Å². The SMILES string of the molecule is N#Cc1ccc(N2CC(CO)CC2=O)c(N)c1. The summed E-state index contributed by atoms with van der Waals surface area (Å²) in [5.74, 6) is -0.0713. The van der Waals surface area contributed by atoms with Gasteiger partial charge in [-0.1, -0.05) is 0 Å². The zero-order valence-corrected chi connectivity index (χ0v) is 9.26. The first-order chi connectivity index (χ1) is 8.15. The van der Waals surface area contributed by atoms with E-state index in [-0.39, 0.29) is 18.4 Å². The topological polar surface area (TPSA) is 90.4 Å². The third kappa shape index (κ3) is 2.08. The summed E-state index contributed by atoms with van der Waals surface area (Å²) in [5.41, 5.74) is 7.32. The fourth-order valence-corrected chi connectivity index (χ4v) is 2.01. The van der Waals surface area contributed by atoms with E-state index in [0.717, 1.165) is 0 Å². The maximum atomic E-state index is 11.7. The number of amides is 1. The Morgan fingerprint density at radius 3 is 2.88 bits per heavy atom. The largest absolute Gasteiger partial charge is 0.397 e. The van der Waals surface area contributed by atoms with Gasteiger partial charge in [0.1, 0.15) is 0 Å². The lowest BCUT2D eigenvalue weighted by atomic mass is 10.1. The molecule has 1 fully saturated rings. The molecule has 1 aliphatic heterocycles. The number of aliphatic hydroxyl groups excluding tert-OH is 1. The van der Waals surface area contributed by atoms with Crippen LogP contribution in [0.5, 0.6) is 0 Å². The molecule has 17 heavy (non-hydrogen) atoms. The molecule has 1 aromatic carbocycles. The molecule has 0 bridgehead atoms. The van der Waals surface area contributed by atoms with Gasteiger partial charge in [-0.3, -0.25) is 4.79 Å². The Bertz CT molecular complexity index is 493. The molecule has 1 heterocycles. The van der Waals surface area contributed by atoms with Gasteiger partial charge in [0, 0.05) is 25.5 Å². The minimum absolute atomic E-state index is 0.00156. The summed E-state index contributed by atoms with van der Waals surface area (Å²) in [4.78, 5) is 13.3. The minimum atomic E-state index is -0.0412. The summed E-state index contributed by atoms with van der Waals surface area (Å²) >= 11 is 0. The van der Waals surface area contributed by atoms with Crippen molar-refractivity contribution < 1.29 is 9.90 Å². The van der Waals surface area contributed by atoms with Gasteiger partial charge < -0.3 is 15.7 Å². The second-order valence-electron chi connectivity index (χ2n) is 4.14. The first-order valence-corrected chi connectivity index (χ1v) is 5.36. The van der Waals surface area contributed by atoms with E-state index in [1.807, 2.05) is 6.07 Å². The Labute approximate surface area is 99.1 Å². The van der Waals surface area contributed by atoms with E-state index in [1.165, 1.54) is 0 Å². The number of carbonyl (C=O) groups is 1. The molecule has 0 spiro atoms. The van der Waals surface area contributed by atoms with Crippen LogP contribution in [0.2, 0.25) is 0 Å². The van der Waals surface area contributed by atoms with Crippen LogP contribution >= 0.6 is 0 Å². The van der Waals surface area contributed by atoms with Crippen LogP contribution in [-0.2, 0) is 4.79 Å². The Morgan fingerprint density at radius 2 is 2.35 bits per heavy atom. The Hall–Kier alpha value is -2.06. The number of nitrogens with two attached hydrogens (primary N) is 1.